The van der Waals surface area contributed by atoms with Gasteiger partial charge in [-0.3, -0.25) is 4.79 Å². The van der Waals surface area contributed by atoms with Gasteiger partial charge in [-0.15, -0.1) is 0 Å². The Morgan fingerprint density at radius 2 is 2.27 bits per heavy atom. The first-order valence-electron chi connectivity index (χ1n) is 4.33. The fourth-order valence-corrected chi connectivity index (χ4v) is 1.27. The number of hydrogen-bond acceptors (Lipinski definition) is 2. The molecule has 1 rings (SSSR count). The lowest BCUT2D eigenvalue weighted by atomic mass is 10.3. The Morgan fingerprint density at radius 3 is 2.80 bits per heavy atom. The number of halogens is 2. The van der Waals surface area contributed by atoms with Crippen LogP contribution in [0.1, 0.15) is 6.92 Å². The second kappa shape index (κ2) is 5.23. The van der Waals surface area contributed by atoms with E-state index in [2.05, 4.69) is 21.2 Å². The summed E-state index contributed by atoms with van der Waals surface area (Å²) in [6.45, 7) is 1.59. The highest BCUT2D eigenvalue weighted by Crippen LogP contribution is 2.19. The van der Waals surface area contributed by atoms with Gasteiger partial charge in [0.1, 0.15) is 11.9 Å². The first-order chi connectivity index (χ1) is 7.04. The first kappa shape index (κ1) is 12.1. The second-order valence-electron chi connectivity index (χ2n) is 2.99. The molecule has 0 saturated heterocycles. The molecule has 1 aromatic carbocycles. The quantitative estimate of drug-likeness (QED) is 0.921. The Labute approximate surface area is 95.7 Å². The average molecular weight is 276 g/mol. The highest BCUT2D eigenvalue weighted by atomic mass is 79.9. The summed E-state index contributed by atoms with van der Waals surface area (Å²) in [6, 6.07) is 4.42. The Morgan fingerprint density at radius 1 is 1.60 bits per heavy atom. The molecule has 0 radical (unpaired) electrons. The van der Waals surface area contributed by atoms with Gasteiger partial charge in [0.2, 0.25) is 0 Å². The minimum absolute atomic E-state index is 0.145. The van der Waals surface area contributed by atoms with Crippen molar-refractivity contribution in [1.29, 1.82) is 0 Å². The van der Waals surface area contributed by atoms with E-state index >= 15 is 0 Å². The maximum atomic E-state index is 13.3. The number of carbonyl (C=O) groups excluding carboxylic acids is 1. The van der Waals surface area contributed by atoms with Gasteiger partial charge in [-0.1, -0.05) is 15.9 Å². The van der Waals surface area contributed by atoms with Gasteiger partial charge >= 0.3 is 0 Å². The molecule has 0 spiro atoms. The highest BCUT2D eigenvalue weighted by molar-refractivity contribution is 9.10. The van der Waals surface area contributed by atoms with Crippen LogP contribution in [0.3, 0.4) is 0 Å². The molecule has 1 N–H and O–H groups in total. The minimum atomic E-state index is -0.604. The number of anilines is 1. The lowest BCUT2D eigenvalue weighted by molar-refractivity contribution is -0.124. The Balaban J connectivity index is 2.77. The van der Waals surface area contributed by atoms with Crippen LogP contribution in [0.15, 0.2) is 22.7 Å². The molecule has 0 aliphatic heterocycles. The van der Waals surface area contributed by atoms with Crippen LogP contribution in [0.4, 0.5) is 10.1 Å². The number of benzene rings is 1. The van der Waals surface area contributed by atoms with E-state index < -0.39 is 11.9 Å². The van der Waals surface area contributed by atoms with E-state index in [4.69, 9.17) is 4.74 Å². The zero-order chi connectivity index (χ0) is 11.4. The van der Waals surface area contributed by atoms with Gasteiger partial charge < -0.3 is 10.1 Å². The number of hydrogen-bond donors (Lipinski definition) is 1. The SMILES string of the molecule is COC(C)C(=O)Nc1ccc(Br)cc1F. The Hall–Kier alpha value is -0.940. The molecule has 0 aromatic heterocycles. The summed E-state index contributed by atoms with van der Waals surface area (Å²) in [5.74, 6) is -0.861. The summed E-state index contributed by atoms with van der Waals surface area (Å²) >= 11 is 3.13. The van der Waals surface area contributed by atoms with Crippen molar-refractivity contribution in [2.45, 2.75) is 13.0 Å². The molecule has 1 amide bonds. The van der Waals surface area contributed by atoms with Crippen LogP contribution in [0.2, 0.25) is 0 Å². The smallest absolute Gasteiger partial charge is 0.253 e. The highest BCUT2D eigenvalue weighted by Gasteiger charge is 2.13. The van der Waals surface area contributed by atoms with Crippen LogP contribution in [-0.4, -0.2) is 19.1 Å². The molecular weight excluding hydrogens is 265 g/mol. The number of nitrogens with one attached hydrogen (secondary N) is 1. The summed E-state index contributed by atoms with van der Waals surface area (Å²) in [7, 11) is 1.42. The molecule has 0 heterocycles. The molecule has 1 unspecified atom stereocenters. The number of methoxy groups -OCH3 is 1. The van der Waals surface area contributed by atoms with Gasteiger partial charge in [-0.05, 0) is 25.1 Å². The molecular formula is C10H11BrFNO2. The number of amides is 1. The molecule has 1 aromatic rings. The summed E-state index contributed by atoms with van der Waals surface area (Å²) in [6.07, 6.45) is -0.604. The second-order valence-corrected chi connectivity index (χ2v) is 3.91. The predicted molar refractivity (Wildman–Crippen MR) is 59.2 cm³/mol. The average Bonchev–Trinajstić information content (AvgIpc) is 2.20. The monoisotopic (exact) mass is 275 g/mol. The predicted octanol–water partition coefficient (Wildman–Crippen LogP) is 2.56. The van der Waals surface area contributed by atoms with Gasteiger partial charge in [0.15, 0.2) is 0 Å². The summed E-state index contributed by atoms with van der Waals surface area (Å²) in [5.41, 5.74) is 0.145. The van der Waals surface area contributed by atoms with Crippen LogP contribution in [0.25, 0.3) is 0 Å². The van der Waals surface area contributed by atoms with E-state index in [0.29, 0.717) is 4.47 Å². The molecule has 3 nitrogen and oxygen atoms in total. The molecule has 0 aliphatic rings. The van der Waals surface area contributed by atoms with Crippen LogP contribution < -0.4 is 5.32 Å². The molecule has 5 heteroatoms. The standard InChI is InChI=1S/C10H11BrFNO2/c1-6(15-2)10(14)13-9-4-3-7(11)5-8(9)12/h3-6H,1-2H3,(H,13,14). The third-order valence-corrected chi connectivity index (χ3v) is 2.41. The number of ether oxygens (including phenoxy) is 1. The van der Waals surface area contributed by atoms with Crippen molar-refractivity contribution in [3.63, 3.8) is 0 Å². The fraction of sp³-hybridized carbons (Fsp3) is 0.300. The van der Waals surface area contributed by atoms with Gasteiger partial charge in [0.05, 0.1) is 5.69 Å². The van der Waals surface area contributed by atoms with Crippen molar-refractivity contribution in [3.05, 3.63) is 28.5 Å². The third-order valence-electron chi connectivity index (χ3n) is 1.91. The van der Waals surface area contributed by atoms with E-state index in [1.165, 1.54) is 19.2 Å². The van der Waals surface area contributed by atoms with Crippen molar-refractivity contribution >= 4 is 27.5 Å². The van der Waals surface area contributed by atoms with Crippen LogP contribution in [0, 0.1) is 5.82 Å². The number of carbonyl (C=O) groups is 1. The van der Waals surface area contributed by atoms with Crippen molar-refractivity contribution in [2.24, 2.45) is 0 Å². The maximum Gasteiger partial charge on any atom is 0.253 e. The van der Waals surface area contributed by atoms with Gasteiger partial charge in [0, 0.05) is 11.6 Å². The lowest BCUT2D eigenvalue weighted by Gasteiger charge is -2.10. The zero-order valence-electron chi connectivity index (χ0n) is 8.38. The van der Waals surface area contributed by atoms with Crippen molar-refractivity contribution < 1.29 is 13.9 Å². The van der Waals surface area contributed by atoms with Gasteiger partial charge in [-0.2, -0.15) is 0 Å². The van der Waals surface area contributed by atoms with Gasteiger partial charge in [0.25, 0.3) is 5.91 Å². The van der Waals surface area contributed by atoms with Crippen LogP contribution >= 0.6 is 15.9 Å². The molecule has 1 atom stereocenters. The molecule has 0 saturated carbocycles. The Bertz CT molecular complexity index is 370. The molecule has 0 aliphatic carbocycles. The van der Waals surface area contributed by atoms with Crippen molar-refractivity contribution in [3.8, 4) is 0 Å². The van der Waals surface area contributed by atoms with E-state index in [0.717, 1.165) is 0 Å². The third kappa shape index (κ3) is 3.28. The largest absolute Gasteiger partial charge is 0.372 e. The molecule has 0 bridgehead atoms. The van der Waals surface area contributed by atoms with E-state index in [9.17, 15) is 9.18 Å². The topological polar surface area (TPSA) is 38.3 Å². The maximum absolute atomic E-state index is 13.3. The summed E-state index contributed by atoms with van der Waals surface area (Å²) < 4.78 is 18.7. The molecule has 15 heavy (non-hydrogen) atoms. The summed E-state index contributed by atoms with van der Waals surface area (Å²) in [5, 5.41) is 2.43. The number of rotatable bonds is 3. The van der Waals surface area contributed by atoms with E-state index in [-0.39, 0.29) is 11.6 Å². The lowest BCUT2D eigenvalue weighted by Crippen LogP contribution is -2.26. The Kier molecular flexibility index (Phi) is 4.23. The molecule has 82 valence electrons. The molecule has 0 fully saturated rings. The normalized spacial score (nSPS) is 12.3. The fourth-order valence-electron chi connectivity index (χ4n) is 0.932. The van der Waals surface area contributed by atoms with E-state index in [1.54, 1.807) is 13.0 Å². The van der Waals surface area contributed by atoms with Crippen molar-refractivity contribution in [1.82, 2.24) is 0 Å². The summed E-state index contributed by atoms with van der Waals surface area (Å²) in [4.78, 5) is 11.4. The minimum Gasteiger partial charge on any atom is -0.372 e. The van der Waals surface area contributed by atoms with Gasteiger partial charge in [-0.25, -0.2) is 4.39 Å². The zero-order valence-corrected chi connectivity index (χ0v) is 9.97. The van der Waals surface area contributed by atoms with Crippen LogP contribution in [-0.2, 0) is 9.53 Å². The first-order valence-corrected chi connectivity index (χ1v) is 5.12. The van der Waals surface area contributed by atoms with Crippen LogP contribution in [0.5, 0.6) is 0 Å². The van der Waals surface area contributed by atoms with Crippen molar-refractivity contribution in [2.75, 3.05) is 12.4 Å². The van der Waals surface area contributed by atoms with E-state index in [1.807, 2.05) is 0 Å².